The molecule has 0 radical (unpaired) electrons. The molecule has 3 aromatic rings. The van der Waals surface area contributed by atoms with Gasteiger partial charge in [-0.3, -0.25) is 14.5 Å². The summed E-state index contributed by atoms with van der Waals surface area (Å²) < 4.78 is 2.37. The molecule has 2 N–H and O–H groups in total. The lowest BCUT2D eigenvalue weighted by Crippen LogP contribution is -2.13. The Labute approximate surface area is 121 Å². The van der Waals surface area contributed by atoms with E-state index in [1.54, 1.807) is 12.1 Å². The molecule has 0 aliphatic heterocycles. The SMILES string of the molecule is O=C(Nc1cccc(Br)c1)c1nc(-n2cnnc2)n[nH]1. The topological polar surface area (TPSA) is 101 Å². The van der Waals surface area contributed by atoms with Gasteiger partial charge in [0.2, 0.25) is 5.82 Å². The quantitative estimate of drug-likeness (QED) is 0.754. The van der Waals surface area contributed by atoms with Crippen molar-refractivity contribution in [3.05, 3.63) is 47.2 Å². The first-order chi connectivity index (χ1) is 9.72. The zero-order valence-electron chi connectivity index (χ0n) is 9.99. The van der Waals surface area contributed by atoms with Crippen molar-refractivity contribution < 1.29 is 4.79 Å². The number of H-pyrrole nitrogens is 1. The van der Waals surface area contributed by atoms with Crippen molar-refractivity contribution in [1.82, 2.24) is 29.9 Å². The summed E-state index contributed by atoms with van der Waals surface area (Å²) in [5.74, 6) is 0.0259. The molecule has 1 amide bonds. The highest BCUT2D eigenvalue weighted by Gasteiger charge is 2.13. The van der Waals surface area contributed by atoms with Crippen molar-refractivity contribution in [1.29, 1.82) is 0 Å². The number of aromatic amines is 1. The summed E-state index contributed by atoms with van der Waals surface area (Å²) in [5, 5.41) is 16.5. The Morgan fingerprint density at radius 2 is 2.10 bits per heavy atom. The van der Waals surface area contributed by atoms with Crippen molar-refractivity contribution in [2.24, 2.45) is 0 Å². The van der Waals surface area contributed by atoms with Gasteiger partial charge in [0.25, 0.3) is 11.9 Å². The highest BCUT2D eigenvalue weighted by atomic mass is 79.9. The van der Waals surface area contributed by atoms with E-state index in [1.165, 1.54) is 17.2 Å². The van der Waals surface area contributed by atoms with Crippen LogP contribution in [0.2, 0.25) is 0 Å². The van der Waals surface area contributed by atoms with Crippen LogP contribution < -0.4 is 5.32 Å². The first kappa shape index (κ1) is 12.5. The smallest absolute Gasteiger partial charge is 0.293 e. The second-order valence-electron chi connectivity index (χ2n) is 3.82. The summed E-state index contributed by atoms with van der Waals surface area (Å²) in [6.45, 7) is 0. The monoisotopic (exact) mass is 333 g/mol. The minimum absolute atomic E-state index is 0.105. The second kappa shape index (κ2) is 5.21. The fourth-order valence-electron chi connectivity index (χ4n) is 1.53. The Hall–Kier alpha value is -2.55. The number of hydrogen-bond donors (Lipinski definition) is 2. The van der Waals surface area contributed by atoms with Crippen LogP contribution in [0, 0.1) is 0 Å². The summed E-state index contributed by atoms with van der Waals surface area (Å²) in [6, 6.07) is 7.26. The van der Waals surface area contributed by atoms with E-state index in [2.05, 4.69) is 46.6 Å². The Balaban J connectivity index is 1.78. The number of aromatic nitrogens is 6. The molecule has 0 atom stereocenters. The lowest BCUT2D eigenvalue weighted by molar-refractivity contribution is 0.101. The van der Waals surface area contributed by atoms with Crippen LogP contribution in [0.1, 0.15) is 10.6 Å². The standard InChI is InChI=1S/C11H8BrN7O/c12-7-2-1-3-8(4-7)15-10(20)9-16-11(18-17-9)19-5-13-14-6-19/h1-6H,(H,15,20)(H,16,17,18). The zero-order chi connectivity index (χ0) is 13.9. The highest BCUT2D eigenvalue weighted by molar-refractivity contribution is 9.10. The number of anilines is 1. The minimum atomic E-state index is -0.380. The third-order valence-electron chi connectivity index (χ3n) is 2.42. The fraction of sp³-hybridized carbons (Fsp3) is 0. The van der Waals surface area contributed by atoms with E-state index in [0.717, 1.165) is 4.47 Å². The van der Waals surface area contributed by atoms with E-state index in [1.807, 2.05) is 12.1 Å². The number of nitrogens with zero attached hydrogens (tertiary/aromatic N) is 5. The maximum atomic E-state index is 12.0. The molecule has 0 aliphatic carbocycles. The van der Waals surface area contributed by atoms with E-state index < -0.39 is 0 Å². The van der Waals surface area contributed by atoms with Gasteiger partial charge in [-0.1, -0.05) is 22.0 Å². The number of rotatable bonds is 3. The number of halogens is 1. The molecule has 0 saturated carbocycles. The van der Waals surface area contributed by atoms with Crippen LogP contribution in [0.3, 0.4) is 0 Å². The van der Waals surface area contributed by atoms with E-state index in [9.17, 15) is 4.79 Å². The Morgan fingerprint density at radius 1 is 1.30 bits per heavy atom. The van der Waals surface area contributed by atoms with Crippen molar-refractivity contribution in [2.75, 3.05) is 5.32 Å². The normalized spacial score (nSPS) is 10.4. The summed E-state index contributed by atoms with van der Waals surface area (Å²) >= 11 is 3.33. The maximum absolute atomic E-state index is 12.0. The van der Waals surface area contributed by atoms with Gasteiger partial charge < -0.3 is 5.32 Å². The molecule has 0 aliphatic rings. The van der Waals surface area contributed by atoms with Crippen LogP contribution in [-0.2, 0) is 0 Å². The molecule has 100 valence electrons. The molecule has 0 unspecified atom stereocenters. The van der Waals surface area contributed by atoms with E-state index >= 15 is 0 Å². The van der Waals surface area contributed by atoms with Gasteiger partial charge in [-0.15, -0.1) is 15.3 Å². The summed E-state index contributed by atoms with van der Waals surface area (Å²) in [7, 11) is 0. The second-order valence-corrected chi connectivity index (χ2v) is 4.73. The third kappa shape index (κ3) is 2.57. The number of carbonyl (C=O) groups is 1. The van der Waals surface area contributed by atoms with Gasteiger partial charge in [0, 0.05) is 10.2 Å². The number of hydrogen-bond acceptors (Lipinski definition) is 5. The lowest BCUT2D eigenvalue weighted by Gasteiger charge is -2.02. The van der Waals surface area contributed by atoms with E-state index in [-0.39, 0.29) is 11.7 Å². The molecule has 2 aromatic heterocycles. The van der Waals surface area contributed by atoms with Crippen molar-refractivity contribution >= 4 is 27.5 Å². The van der Waals surface area contributed by atoms with Crippen LogP contribution in [-0.4, -0.2) is 35.9 Å². The van der Waals surface area contributed by atoms with Crippen LogP contribution in [0.25, 0.3) is 5.95 Å². The Bertz CT molecular complexity index is 737. The number of amides is 1. The average Bonchev–Trinajstić information content (AvgIpc) is 3.10. The van der Waals surface area contributed by atoms with Gasteiger partial charge in [-0.2, -0.15) is 4.98 Å². The Kier molecular flexibility index (Phi) is 3.25. The van der Waals surface area contributed by atoms with Gasteiger partial charge in [-0.05, 0) is 18.2 Å². The third-order valence-corrected chi connectivity index (χ3v) is 2.91. The summed E-state index contributed by atoms with van der Waals surface area (Å²) in [4.78, 5) is 16.1. The first-order valence-corrected chi connectivity index (χ1v) is 6.36. The lowest BCUT2D eigenvalue weighted by atomic mass is 10.3. The molecule has 3 rings (SSSR count). The molecule has 1 aromatic carbocycles. The molecule has 20 heavy (non-hydrogen) atoms. The van der Waals surface area contributed by atoms with Gasteiger partial charge in [0.15, 0.2) is 0 Å². The molecular formula is C11H8BrN7O. The van der Waals surface area contributed by atoms with Crippen LogP contribution in [0.15, 0.2) is 41.4 Å². The molecule has 0 spiro atoms. The van der Waals surface area contributed by atoms with Crippen LogP contribution in [0.4, 0.5) is 5.69 Å². The zero-order valence-corrected chi connectivity index (χ0v) is 11.6. The molecule has 8 nitrogen and oxygen atoms in total. The minimum Gasteiger partial charge on any atom is -0.319 e. The predicted octanol–water partition coefficient (Wildman–Crippen LogP) is 1.40. The number of nitrogens with one attached hydrogen (secondary N) is 2. The molecular weight excluding hydrogens is 326 g/mol. The largest absolute Gasteiger partial charge is 0.319 e. The van der Waals surface area contributed by atoms with Gasteiger partial charge >= 0.3 is 0 Å². The number of benzene rings is 1. The molecule has 0 saturated heterocycles. The fourth-order valence-corrected chi connectivity index (χ4v) is 1.93. The van der Waals surface area contributed by atoms with Crippen LogP contribution in [0.5, 0.6) is 0 Å². The van der Waals surface area contributed by atoms with Gasteiger partial charge in [0.1, 0.15) is 12.7 Å². The van der Waals surface area contributed by atoms with Crippen molar-refractivity contribution in [3.63, 3.8) is 0 Å². The Morgan fingerprint density at radius 3 is 2.85 bits per heavy atom. The first-order valence-electron chi connectivity index (χ1n) is 5.57. The van der Waals surface area contributed by atoms with Gasteiger partial charge in [-0.25, -0.2) is 0 Å². The van der Waals surface area contributed by atoms with E-state index in [4.69, 9.17) is 0 Å². The average molecular weight is 334 g/mol. The molecule has 2 heterocycles. The van der Waals surface area contributed by atoms with Crippen molar-refractivity contribution in [2.45, 2.75) is 0 Å². The predicted molar refractivity (Wildman–Crippen MR) is 73.4 cm³/mol. The molecule has 0 bridgehead atoms. The molecule has 9 heteroatoms. The van der Waals surface area contributed by atoms with Crippen LogP contribution >= 0.6 is 15.9 Å². The summed E-state index contributed by atoms with van der Waals surface area (Å²) in [5.41, 5.74) is 0.659. The van der Waals surface area contributed by atoms with Gasteiger partial charge in [0.05, 0.1) is 0 Å². The van der Waals surface area contributed by atoms with E-state index in [0.29, 0.717) is 11.6 Å². The van der Waals surface area contributed by atoms with Crippen molar-refractivity contribution in [3.8, 4) is 5.95 Å². The highest BCUT2D eigenvalue weighted by Crippen LogP contribution is 2.16. The summed E-state index contributed by atoms with van der Waals surface area (Å²) in [6.07, 6.45) is 2.89. The number of carbonyl (C=O) groups excluding carboxylic acids is 1. The maximum Gasteiger partial charge on any atom is 0.293 e. The molecule has 0 fully saturated rings.